The van der Waals surface area contributed by atoms with E-state index < -0.39 is 0 Å². The molecule has 0 atom stereocenters. The Hall–Kier alpha value is -3.55. The minimum absolute atomic E-state index is 0.0530. The smallest absolute Gasteiger partial charge is 0.226 e. The third kappa shape index (κ3) is 5.50. The number of aryl methyl sites for hydroxylation is 1. The molecule has 1 N–H and O–H groups in total. The molecule has 0 unspecified atom stereocenters. The lowest BCUT2D eigenvalue weighted by Gasteiger charge is -2.11. The minimum atomic E-state index is -0.0530. The van der Waals surface area contributed by atoms with E-state index in [0.717, 1.165) is 16.9 Å². The average Bonchev–Trinajstić information content (AvgIpc) is 3.26. The predicted octanol–water partition coefficient (Wildman–Crippen LogP) is 3.40. The summed E-state index contributed by atoms with van der Waals surface area (Å²) in [4.78, 5) is 16.5. The predicted molar refractivity (Wildman–Crippen MR) is 111 cm³/mol. The van der Waals surface area contributed by atoms with Crippen molar-refractivity contribution in [3.05, 3.63) is 53.9 Å². The maximum Gasteiger partial charge on any atom is 0.226 e. The maximum atomic E-state index is 12.2. The molecule has 30 heavy (non-hydrogen) atoms. The highest BCUT2D eigenvalue weighted by Gasteiger charge is 2.11. The fourth-order valence-electron chi connectivity index (χ4n) is 2.89. The van der Waals surface area contributed by atoms with Crippen molar-refractivity contribution >= 4 is 5.91 Å². The number of nitrogens with one attached hydrogen (secondary N) is 1. The molecule has 0 saturated heterocycles. The molecule has 0 radical (unpaired) electrons. The van der Waals surface area contributed by atoms with Crippen molar-refractivity contribution in [3.63, 3.8) is 0 Å². The van der Waals surface area contributed by atoms with E-state index in [2.05, 4.69) is 15.5 Å². The first-order chi connectivity index (χ1) is 14.6. The molecule has 8 nitrogen and oxygen atoms in total. The Bertz CT molecular complexity index is 969. The summed E-state index contributed by atoms with van der Waals surface area (Å²) in [6.45, 7) is 0.383. The number of carbonyl (C=O) groups excluding carboxylic acids is 1. The fraction of sp³-hybridized carbons (Fsp3) is 0.318. The summed E-state index contributed by atoms with van der Waals surface area (Å²) in [6, 6.07) is 12.9. The van der Waals surface area contributed by atoms with E-state index in [4.69, 9.17) is 18.7 Å². The van der Waals surface area contributed by atoms with E-state index in [-0.39, 0.29) is 5.91 Å². The highest BCUT2D eigenvalue weighted by Crippen LogP contribution is 2.24. The number of hydrogen-bond donors (Lipinski definition) is 1. The van der Waals surface area contributed by atoms with Crippen LogP contribution in [0.5, 0.6) is 17.2 Å². The van der Waals surface area contributed by atoms with Crippen molar-refractivity contribution in [2.75, 3.05) is 21.3 Å². The third-order valence-corrected chi connectivity index (χ3v) is 4.58. The van der Waals surface area contributed by atoms with Crippen LogP contribution >= 0.6 is 0 Å². The summed E-state index contributed by atoms with van der Waals surface area (Å²) in [7, 11) is 4.80. The zero-order chi connectivity index (χ0) is 21.3. The van der Waals surface area contributed by atoms with Crippen molar-refractivity contribution in [2.45, 2.75) is 25.8 Å². The van der Waals surface area contributed by atoms with Crippen LogP contribution in [0.2, 0.25) is 0 Å². The molecule has 0 aliphatic carbocycles. The van der Waals surface area contributed by atoms with Crippen LogP contribution in [0, 0.1) is 0 Å². The zero-order valence-corrected chi connectivity index (χ0v) is 17.3. The van der Waals surface area contributed by atoms with Crippen LogP contribution < -0.4 is 19.5 Å². The molecule has 0 bridgehead atoms. The number of hydrogen-bond acceptors (Lipinski definition) is 7. The van der Waals surface area contributed by atoms with E-state index in [9.17, 15) is 4.79 Å². The molecule has 0 saturated carbocycles. The Morgan fingerprint density at radius 3 is 2.43 bits per heavy atom. The van der Waals surface area contributed by atoms with Gasteiger partial charge in [-0.25, -0.2) is 0 Å². The molecule has 0 fully saturated rings. The maximum absolute atomic E-state index is 12.2. The van der Waals surface area contributed by atoms with Gasteiger partial charge in [-0.15, -0.1) is 0 Å². The molecule has 8 heteroatoms. The molecule has 3 aromatic rings. The number of nitrogens with zero attached hydrogens (tertiary/aromatic N) is 2. The van der Waals surface area contributed by atoms with Gasteiger partial charge in [-0.05, 0) is 42.8 Å². The molecule has 0 aliphatic rings. The lowest BCUT2D eigenvalue weighted by atomic mass is 10.1. The number of amides is 1. The SMILES string of the molecule is COc1ccc(-c2noc(CCCC(=O)NCc3ccc(OC)cc3OC)n2)cc1. The Morgan fingerprint density at radius 1 is 1.00 bits per heavy atom. The first-order valence-corrected chi connectivity index (χ1v) is 9.57. The highest BCUT2D eigenvalue weighted by molar-refractivity contribution is 5.75. The number of ether oxygens (including phenoxy) is 3. The number of rotatable bonds is 10. The third-order valence-electron chi connectivity index (χ3n) is 4.58. The monoisotopic (exact) mass is 411 g/mol. The second-order valence-electron chi connectivity index (χ2n) is 6.55. The van der Waals surface area contributed by atoms with Gasteiger partial charge in [0.1, 0.15) is 17.2 Å². The van der Waals surface area contributed by atoms with Crippen LogP contribution in [0.3, 0.4) is 0 Å². The molecule has 1 aromatic heterocycles. The molecular weight excluding hydrogens is 386 g/mol. The minimum Gasteiger partial charge on any atom is -0.497 e. The largest absolute Gasteiger partial charge is 0.497 e. The Balaban J connectivity index is 1.45. The summed E-state index contributed by atoms with van der Waals surface area (Å²) in [6.07, 6.45) is 1.50. The zero-order valence-electron chi connectivity index (χ0n) is 17.3. The van der Waals surface area contributed by atoms with Crippen LogP contribution in [0.15, 0.2) is 47.0 Å². The van der Waals surface area contributed by atoms with Crippen molar-refractivity contribution in [1.82, 2.24) is 15.5 Å². The van der Waals surface area contributed by atoms with Gasteiger partial charge in [-0.3, -0.25) is 4.79 Å². The first-order valence-electron chi connectivity index (χ1n) is 9.57. The van der Waals surface area contributed by atoms with Gasteiger partial charge in [0.2, 0.25) is 17.6 Å². The van der Waals surface area contributed by atoms with E-state index in [0.29, 0.717) is 49.0 Å². The van der Waals surface area contributed by atoms with Gasteiger partial charge in [0.25, 0.3) is 0 Å². The number of aromatic nitrogens is 2. The summed E-state index contributed by atoms with van der Waals surface area (Å²) < 4.78 is 21.0. The summed E-state index contributed by atoms with van der Waals surface area (Å²) in [5.74, 6) is 3.11. The van der Waals surface area contributed by atoms with Crippen molar-refractivity contribution in [1.29, 1.82) is 0 Å². The van der Waals surface area contributed by atoms with Crippen LogP contribution in [-0.2, 0) is 17.8 Å². The molecular formula is C22H25N3O5. The van der Waals surface area contributed by atoms with Gasteiger partial charge >= 0.3 is 0 Å². The van der Waals surface area contributed by atoms with Gasteiger partial charge in [0.15, 0.2) is 0 Å². The Kier molecular flexibility index (Phi) is 7.26. The van der Waals surface area contributed by atoms with E-state index >= 15 is 0 Å². The van der Waals surface area contributed by atoms with Gasteiger partial charge in [0, 0.05) is 36.6 Å². The standard InChI is InChI=1S/C22H25N3O5/c1-27-17-10-7-15(8-11-17)22-24-21(30-25-22)6-4-5-20(26)23-14-16-9-12-18(28-2)13-19(16)29-3/h7-13H,4-6,14H2,1-3H3,(H,23,26). The lowest BCUT2D eigenvalue weighted by molar-refractivity contribution is -0.121. The Morgan fingerprint density at radius 2 is 1.73 bits per heavy atom. The van der Waals surface area contributed by atoms with Crippen molar-refractivity contribution in [2.24, 2.45) is 0 Å². The molecule has 3 rings (SSSR count). The second kappa shape index (κ2) is 10.3. The van der Waals surface area contributed by atoms with Crippen molar-refractivity contribution < 1.29 is 23.5 Å². The van der Waals surface area contributed by atoms with Gasteiger partial charge in [0.05, 0.1) is 21.3 Å². The Labute approximate surface area is 175 Å². The van der Waals surface area contributed by atoms with Crippen LogP contribution in [0.1, 0.15) is 24.3 Å². The first kappa shape index (κ1) is 21.2. The molecule has 1 heterocycles. The van der Waals surface area contributed by atoms with Gasteiger partial charge in [-0.2, -0.15) is 4.98 Å². The lowest BCUT2D eigenvalue weighted by Crippen LogP contribution is -2.22. The van der Waals surface area contributed by atoms with Gasteiger partial charge < -0.3 is 24.1 Å². The summed E-state index contributed by atoms with van der Waals surface area (Å²) in [5, 5.41) is 6.90. The van der Waals surface area contributed by atoms with Crippen LogP contribution in [-0.4, -0.2) is 37.4 Å². The summed E-state index contributed by atoms with van der Waals surface area (Å²) >= 11 is 0. The number of methoxy groups -OCH3 is 3. The van der Waals surface area contributed by atoms with E-state index in [1.54, 1.807) is 27.4 Å². The van der Waals surface area contributed by atoms with Crippen LogP contribution in [0.25, 0.3) is 11.4 Å². The van der Waals surface area contributed by atoms with Crippen molar-refractivity contribution in [3.8, 4) is 28.6 Å². The van der Waals surface area contributed by atoms with E-state index in [1.807, 2.05) is 36.4 Å². The quantitative estimate of drug-likeness (QED) is 0.546. The molecule has 0 aliphatic heterocycles. The fourth-order valence-corrected chi connectivity index (χ4v) is 2.89. The number of carbonyl (C=O) groups is 1. The van der Waals surface area contributed by atoms with Crippen LogP contribution in [0.4, 0.5) is 0 Å². The normalized spacial score (nSPS) is 10.5. The van der Waals surface area contributed by atoms with Gasteiger partial charge in [-0.1, -0.05) is 5.16 Å². The van der Waals surface area contributed by atoms with E-state index in [1.165, 1.54) is 0 Å². The summed E-state index contributed by atoms with van der Waals surface area (Å²) in [5.41, 5.74) is 1.73. The number of benzene rings is 2. The molecule has 1 amide bonds. The topological polar surface area (TPSA) is 95.7 Å². The molecule has 2 aromatic carbocycles. The molecule has 0 spiro atoms. The molecule has 158 valence electrons. The highest BCUT2D eigenvalue weighted by atomic mass is 16.5. The average molecular weight is 411 g/mol. The second-order valence-corrected chi connectivity index (χ2v) is 6.55.